The molecule has 0 aromatic carbocycles. The van der Waals surface area contributed by atoms with E-state index >= 15 is 0 Å². The van der Waals surface area contributed by atoms with Crippen LogP contribution in [0, 0.1) is 5.41 Å². The molecule has 1 saturated carbocycles. The van der Waals surface area contributed by atoms with E-state index in [0.717, 1.165) is 32.2 Å². The van der Waals surface area contributed by atoms with E-state index in [1.807, 2.05) is 4.90 Å². The molecule has 0 bridgehead atoms. The van der Waals surface area contributed by atoms with Gasteiger partial charge in [-0.1, -0.05) is 33.1 Å². The Morgan fingerprint density at radius 2 is 1.95 bits per heavy atom. The zero-order valence-corrected chi connectivity index (χ0v) is 13.0. The maximum atomic E-state index is 13.0. The van der Waals surface area contributed by atoms with Crippen LogP contribution in [0.5, 0.6) is 0 Å². The Labute approximate surface area is 122 Å². The molecular formula is C16H30N2O2. The Morgan fingerprint density at radius 1 is 1.25 bits per heavy atom. The van der Waals surface area contributed by atoms with Gasteiger partial charge in [-0.15, -0.1) is 0 Å². The quantitative estimate of drug-likeness (QED) is 0.828. The fraction of sp³-hybridized carbons (Fsp3) is 0.938. The van der Waals surface area contributed by atoms with E-state index in [0.29, 0.717) is 12.6 Å². The lowest BCUT2D eigenvalue weighted by Crippen LogP contribution is -2.59. The van der Waals surface area contributed by atoms with Gasteiger partial charge < -0.3 is 15.3 Å². The molecular weight excluding hydrogens is 252 g/mol. The molecule has 4 heteroatoms. The number of rotatable bonds is 4. The van der Waals surface area contributed by atoms with Gasteiger partial charge in [0.1, 0.15) is 0 Å². The maximum Gasteiger partial charge on any atom is 0.240 e. The third-order valence-corrected chi connectivity index (χ3v) is 5.01. The van der Waals surface area contributed by atoms with Crippen LogP contribution in [0.25, 0.3) is 0 Å². The fourth-order valence-electron chi connectivity index (χ4n) is 3.77. The molecule has 2 aliphatic rings. The number of amides is 1. The summed E-state index contributed by atoms with van der Waals surface area (Å²) in [6, 6.07) is 0.243. The van der Waals surface area contributed by atoms with Crippen LogP contribution in [0.2, 0.25) is 0 Å². The molecule has 0 aromatic heterocycles. The summed E-state index contributed by atoms with van der Waals surface area (Å²) in [5.41, 5.74) is 0.0116. The first kappa shape index (κ1) is 15.8. The van der Waals surface area contributed by atoms with Gasteiger partial charge in [0.15, 0.2) is 0 Å². The van der Waals surface area contributed by atoms with Crippen LogP contribution in [-0.4, -0.2) is 47.7 Å². The number of hydrogen-bond donors (Lipinski definition) is 2. The van der Waals surface area contributed by atoms with Crippen molar-refractivity contribution in [1.29, 1.82) is 0 Å². The van der Waals surface area contributed by atoms with Gasteiger partial charge in [-0.2, -0.15) is 0 Å². The van der Waals surface area contributed by atoms with Crippen molar-refractivity contribution >= 4 is 5.91 Å². The predicted molar refractivity (Wildman–Crippen MR) is 80.5 cm³/mol. The molecule has 2 N–H and O–H groups in total. The van der Waals surface area contributed by atoms with Crippen molar-refractivity contribution < 1.29 is 9.90 Å². The normalized spacial score (nSPS) is 27.2. The lowest BCUT2D eigenvalue weighted by molar-refractivity contribution is -0.141. The third-order valence-electron chi connectivity index (χ3n) is 5.01. The van der Waals surface area contributed by atoms with Gasteiger partial charge in [-0.25, -0.2) is 0 Å². The molecule has 1 aliphatic carbocycles. The number of aliphatic hydroxyl groups excluding tert-OH is 1. The molecule has 1 heterocycles. The molecule has 0 aromatic rings. The van der Waals surface area contributed by atoms with Crippen LogP contribution in [0.3, 0.4) is 0 Å². The topological polar surface area (TPSA) is 52.6 Å². The van der Waals surface area contributed by atoms with Crippen LogP contribution in [-0.2, 0) is 4.79 Å². The maximum absolute atomic E-state index is 13.0. The highest BCUT2D eigenvalue weighted by atomic mass is 16.3. The van der Waals surface area contributed by atoms with Crippen molar-refractivity contribution in [1.82, 2.24) is 10.2 Å². The number of piperidine rings is 1. The molecule has 1 aliphatic heterocycles. The van der Waals surface area contributed by atoms with Gasteiger partial charge in [0.05, 0.1) is 12.6 Å². The smallest absolute Gasteiger partial charge is 0.240 e. The lowest BCUT2D eigenvalue weighted by Gasteiger charge is -2.43. The highest BCUT2D eigenvalue weighted by Crippen LogP contribution is 2.32. The van der Waals surface area contributed by atoms with E-state index in [2.05, 4.69) is 19.2 Å². The predicted octanol–water partition coefficient (Wildman–Crippen LogP) is 1.92. The SMILES string of the molecule is CC1(C)CCCNC1C(=O)N(CCO)C1CCCCC1. The number of carbonyl (C=O) groups is 1. The first-order valence-corrected chi connectivity index (χ1v) is 8.21. The van der Waals surface area contributed by atoms with Crippen LogP contribution < -0.4 is 5.32 Å². The average Bonchev–Trinajstić information content (AvgIpc) is 2.44. The van der Waals surface area contributed by atoms with Crippen molar-refractivity contribution in [3.63, 3.8) is 0 Å². The Hall–Kier alpha value is -0.610. The minimum absolute atomic E-state index is 0.0116. The fourth-order valence-corrected chi connectivity index (χ4v) is 3.77. The van der Waals surface area contributed by atoms with Crippen molar-refractivity contribution in [3.05, 3.63) is 0 Å². The van der Waals surface area contributed by atoms with Crippen LogP contribution >= 0.6 is 0 Å². The Kier molecular flexibility index (Phi) is 5.44. The number of nitrogens with zero attached hydrogens (tertiary/aromatic N) is 1. The Balaban J connectivity index is 2.08. The van der Waals surface area contributed by atoms with Crippen LogP contribution in [0.1, 0.15) is 58.8 Å². The second-order valence-corrected chi connectivity index (χ2v) is 7.03. The molecule has 1 saturated heterocycles. The summed E-state index contributed by atoms with van der Waals surface area (Å²) >= 11 is 0. The number of carbonyl (C=O) groups excluding carboxylic acids is 1. The summed E-state index contributed by atoms with van der Waals surface area (Å²) in [6.45, 7) is 5.84. The Morgan fingerprint density at radius 3 is 2.55 bits per heavy atom. The molecule has 116 valence electrons. The van der Waals surface area contributed by atoms with Crippen molar-refractivity contribution in [3.8, 4) is 0 Å². The highest BCUT2D eigenvalue weighted by molar-refractivity contribution is 5.83. The van der Waals surface area contributed by atoms with Gasteiger partial charge >= 0.3 is 0 Å². The van der Waals surface area contributed by atoms with Crippen molar-refractivity contribution in [2.45, 2.75) is 70.9 Å². The van der Waals surface area contributed by atoms with Crippen LogP contribution in [0.4, 0.5) is 0 Å². The van der Waals surface area contributed by atoms with Crippen molar-refractivity contribution in [2.75, 3.05) is 19.7 Å². The first-order valence-electron chi connectivity index (χ1n) is 8.21. The van der Waals surface area contributed by atoms with E-state index < -0.39 is 0 Å². The van der Waals surface area contributed by atoms with Gasteiger partial charge in [0.25, 0.3) is 0 Å². The van der Waals surface area contributed by atoms with Gasteiger partial charge in [0, 0.05) is 12.6 Å². The van der Waals surface area contributed by atoms with Gasteiger partial charge in [-0.05, 0) is 37.6 Å². The van der Waals surface area contributed by atoms with E-state index in [-0.39, 0.29) is 24.0 Å². The van der Waals surface area contributed by atoms with Crippen LogP contribution in [0.15, 0.2) is 0 Å². The second-order valence-electron chi connectivity index (χ2n) is 7.03. The molecule has 1 unspecified atom stereocenters. The number of aliphatic hydroxyl groups is 1. The summed E-state index contributed by atoms with van der Waals surface area (Å²) in [7, 11) is 0. The summed E-state index contributed by atoms with van der Waals surface area (Å²) in [5, 5.41) is 12.7. The lowest BCUT2D eigenvalue weighted by atomic mass is 9.76. The zero-order chi connectivity index (χ0) is 14.6. The van der Waals surface area contributed by atoms with E-state index in [1.54, 1.807) is 0 Å². The number of nitrogens with one attached hydrogen (secondary N) is 1. The molecule has 4 nitrogen and oxygen atoms in total. The summed E-state index contributed by atoms with van der Waals surface area (Å²) < 4.78 is 0. The summed E-state index contributed by atoms with van der Waals surface area (Å²) in [5.74, 6) is 0.204. The van der Waals surface area contributed by atoms with Gasteiger partial charge in [-0.3, -0.25) is 4.79 Å². The minimum Gasteiger partial charge on any atom is -0.395 e. The standard InChI is InChI=1S/C16H30N2O2/c1-16(2)9-6-10-17-14(16)15(20)18(11-12-19)13-7-4-3-5-8-13/h13-14,17,19H,3-12H2,1-2H3. The number of hydrogen-bond acceptors (Lipinski definition) is 3. The molecule has 2 fully saturated rings. The second kappa shape index (κ2) is 6.90. The average molecular weight is 282 g/mol. The largest absolute Gasteiger partial charge is 0.395 e. The highest BCUT2D eigenvalue weighted by Gasteiger charge is 2.40. The van der Waals surface area contributed by atoms with E-state index in [1.165, 1.54) is 19.3 Å². The Bertz CT molecular complexity index is 324. The third kappa shape index (κ3) is 3.53. The molecule has 20 heavy (non-hydrogen) atoms. The molecule has 1 amide bonds. The zero-order valence-electron chi connectivity index (χ0n) is 13.0. The van der Waals surface area contributed by atoms with E-state index in [4.69, 9.17) is 0 Å². The molecule has 0 spiro atoms. The van der Waals surface area contributed by atoms with Crippen molar-refractivity contribution in [2.24, 2.45) is 5.41 Å². The molecule has 1 atom stereocenters. The monoisotopic (exact) mass is 282 g/mol. The molecule has 0 radical (unpaired) electrons. The summed E-state index contributed by atoms with van der Waals surface area (Å²) in [6.07, 6.45) is 8.12. The molecule has 2 rings (SSSR count). The van der Waals surface area contributed by atoms with E-state index in [9.17, 15) is 9.90 Å². The minimum atomic E-state index is -0.0928. The van der Waals surface area contributed by atoms with Gasteiger partial charge in [0.2, 0.25) is 5.91 Å². The summed E-state index contributed by atoms with van der Waals surface area (Å²) in [4.78, 5) is 14.9. The first-order chi connectivity index (χ1) is 9.56.